The molecule has 0 spiro atoms. The molecule has 0 bridgehead atoms. The zero-order chi connectivity index (χ0) is 26.1. The minimum Gasteiger partial charge on any atom is -0.481 e. The van der Waals surface area contributed by atoms with E-state index in [-0.39, 0.29) is 5.91 Å². The van der Waals surface area contributed by atoms with Crippen molar-refractivity contribution in [2.45, 2.75) is 40.5 Å². The van der Waals surface area contributed by atoms with Crippen LogP contribution in [0.2, 0.25) is 0 Å². The van der Waals surface area contributed by atoms with Gasteiger partial charge in [0.05, 0.1) is 18.5 Å². The smallest absolute Gasteiger partial charge is 0.223 e. The molecule has 1 amide bonds. The summed E-state index contributed by atoms with van der Waals surface area (Å²) in [7, 11) is 1.64. The van der Waals surface area contributed by atoms with E-state index in [0.717, 1.165) is 59.7 Å². The van der Waals surface area contributed by atoms with Crippen LogP contribution in [0.3, 0.4) is 0 Å². The largest absolute Gasteiger partial charge is 0.481 e. The van der Waals surface area contributed by atoms with Gasteiger partial charge < -0.3 is 14.5 Å². The standard InChI is InChI=1S/C30H35N5O2/c1-20-11-12-21(2)26(19-20)33-15-17-34(18-16-33)27(36)14-13-25-22(3)28-23(4)32-35(24-9-7-6-8-10-24)29(28)31-30(25)37-5/h6-12,19H,13-18H2,1-5H3. The Morgan fingerprint density at radius 3 is 2.41 bits per heavy atom. The number of carbonyl (C=O) groups excluding carboxylic acids is 1. The first kappa shape index (κ1) is 24.8. The predicted molar refractivity (Wildman–Crippen MR) is 148 cm³/mol. The van der Waals surface area contributed by atoms with Gasteiger partial charge in [0, 0.05) is 49.2 Å². The second-order valence-corrected chi connectivity index (χ2v) is 9.91. The SMILES string of the molecule is COc1nc2c(c(C)nn2-c2ccccc2)c(C)c1CCC(=O)N1CCN(c2cc(C)ccc2C)CC1. The lowest BCUT2D eigenvalue weighted by atomic mass is 10.0. The van der Waals surface area contributed by atoms with E-state index < -0.39 is 0 Å². The van der Waals surface area contributed by atoms with Crippen LogP contribution in [0.15, 0.2) is 48.5 Å². The topological polar surface area (TPSA) is 63.5 Å². The fraction of sp³-hybridized carbons (Fsp3) is 0.367. The molecule has 4 aromatic rings. The van der Waals surface area contributed by atoms with Crippen LogP contribution in [0.4, 0.5) is 5.69 Å². The Labute approximate surface area is 218 Å². The summed E-state index contributed by atoms with van der Waals surface area (Å²) in [6, 6.07) is 16.6. The number of hydrogen-bond donors (Lipinski definition) is 0. The van der Waals surface area contributed by atoms with Crippen molar-refractivity contribution in [3.63, 3.8) is 0 Å². The number of amides is 1. The molecular formula is C30H35N5O2. The van der Waals surface area contributed by atoms with Crippen molar-refractivity contribution in [3.8, 4) is 11.6 Å². The molecule has 192 valence electrons. The molecule has 37 heavy (non-hydrogen) atoms. The summed E-state index contributed by atoms with van der Waals surface area (Å²) in [6.45, 7) is 11.5. The van der Waals surface area contributed by atoms with Crippen molar-refractivity contribution >= 4 is 22.6 Å². The zero-order valence-electron chi connectivity index (χ0n) is 22.4. The highest BCUT2D eigenvalue weighted by molar-refractivity contribution is 5.86. The summed E-state index contributed by atoms with van der Waals surface area (Å²) >= 11 is 0. The third kappa shape index (κ3) is 4.78. The van der Waals surface area contributed by atoms with E-state index in [1.807, 2.05) is 46.8 Å². The van der Waals surface area contributed by atoms with E-state index in [1.54, 1.807) is 7.11 Å². The van der Waals surface area contributed by atoms with Gasteiger partial charge in [0.15, 0.2) is 5.65 Å². The number of pyridine rings is 1. The lowest BCUT2D eigenvalue weighted by molar-refractivity contribution is -0.131. The number of benzene rings is 2. The Hall–Kier alpha value is -3.87. The molecule has 1 aliphatic rings. The number of nitrogens with zero attached hydrogens (tertiary/aromatic N) is 5. The maximum absolute atomic E-state index is 13.2. The van der Waals surface area contributed by atoms with E-state index in [1.165, 1.54) is 16.8 Å². The lowest BCUT2D eigenvalue weighted by Crippen LogP contribution is -2.49. The van der Waals surface area contributed by atoms with Crippen LogP contribution in [0.25, 0.3) is 16.7 Å². The van der Waals surface area contributed by atoms with E-state index in [4.69, 9.17) is 14.8 Å². The number of piperazine rings is 1. The van der Waals surface area contributed by atoms with E-state index in [0.29, 0.717) is 18.7 Å². The number of anilines is 1. The van der Waals surface area contributed by atoms with Gasteiger partial charge in [0.25, 0.3) is 0 Å². The van der Waals surface area contributed by atoms with Crippen molar-refractivity contribution in [2.75, 3.05) is 38.2 Å². The molecule has 7 nitrogen and oxygen atoms in total. The predicted octanol–water partition coefficient (Wildman–Crippen LogP) is 4.94. The molecule has 2 aromatic heterocycles. The molecule has 0 unspecified atom stereocenters. The number of aromatic nitrogens is 3. The maximum atomic E-state index is 13.2. The number of rotatable bonds is 6. The fourth-order valence-electron chi connectivity index (χ4n) is 5.39. The maximum Gasteiger partial charge on any atom is 0.223 e. The Bertz CT molecular complexity index is 1440. The number of fused-ring (bicyclic) bond motifs is 1. The third-order valence-electron chi connectivity index (χ3n) is 7.45. The summed E-state index contributed by atoms with van der Waals surface area (Å²) < 4.78 is 7.58. The van der Waals surface area contributed by atoms with Gasteiger partial charge in [-0.2, -0.15) is 10.1 Å². The number of aryl methyl sites for hydroxylation is 4. The molecule has 0 saturated carbocycles. The Balaban J connectivity index is 1.31. The number of hydrogen-bond acceptors (Lipinski definition) is 5. The van der Waals surface area contributed by atoms with Crippen molar-refractivity contribution in [1.82, 2.24) is 19.7 Å². The van der Waals surface area contributed by atoms with Crippen LogP contribution >= 0.6 is 0 Å². The summed E-state index contributed by atoms with van der Waals surface area (Å²) in [5, 5.41) is 5.79. The second-order valence-electron chi connectivity index (χ2n) is 9.91. The molecule has 7 heteroatoms. The Morgan fingerprint density at radius 2 is 1.70 bits per heavy atom. The number of carbonyl (C=O) groups is 1. The second kappa shape index (κ2) is 10.2. The number of para-hydroxylation sites is 1. The van der Waals surface area contributed by atoms with Crippen LogP contribution in [0, 0.1) is 27.7 Å². The van der Waals surface area contributed by atoms with Gasteiger partial charge in [-0.15, -0.1) is 0 Å². The molecule has 2 aromatic carbocycles. The highest BCUT2D eigenvalue weighted by Gasteiger charge is 2.24. The minimum atomic E-state index is 0.180. The molecule has 0 aliphatic carbocycles. The summed E-state index contributed by atoms with van der Waals surface area (Å²) in [5.74, 6) is 0.744. The lowest BCUT2D eigenvalue weighted by Gasteiger charge is -2.37. The molecular weight excluding hydrogens is 462 g/mol. The van der Waals surface area contributed by atoms with Gasteiger partial charge in [-0.25, -0.2) is 4.68 Å². The van der Waals surface area contributed by atoms with Gasteiger partial charge >= 0.3 is 0 Å². The minimum absolute atomic E-state index is 0.180. The van der Waals surface area contributed by atoms with Crippen molar-refractivity contribution < 1.29 is 9.53 Å². The Morgan fingerprint density at radius 1 is 0.973 bits per heavy atom. The highest BCUT2D eigenvalue weighted by atomic mass is 16.5. The molecule has 5 rings (SSSR count). The molecule has 1 fully saturated rings. The summed E-state index contributed by atoms with van der Waals surface area (Å²) in [6.07, 6.45) is 1.02. The molecule has 0 N–H and O–H groups in total. The van der Waals surface area contributed by atoms with Crippen molar-refractivity contribution in [3.05, 3.63) is 76.5 Å². The first-order valence-corrected chi connectivity index (χ1v) is 13.0. The first-order valence-electron chi connectivity index (χ1n) is 13.0. The van der Waals surface area contributed by atoms with Crippen LogP contribution in [-0.4, -0.2) is 58.9 Å². The molecule has 3 heterocycles. The molecule has 1 saturated heterocycles. The summed E-state index contributed by atoms with van der Waals surface area (Å²) in [5.41, 5.74) is 8.52. The zero-order valence-corrected chi connectivity index (χ0v) is 22.4. The molecule has 0 atom stereocenters. The quantitative estimate of drug-likeness (QED) is 0.377. The van der Waals surface area contributed by atoms with Crippen LogP contribution in [0.5, 0.6) is 5.88 Å². The average molecular weight is 498 g/mol. The van der Waals surface area contributed by atoms with Gasteiger partial charge in [0.1, 0.15) is 0 Å². The van der Waals surface area contributed by atoms with Gasteiger partial charge in [0.2, 0.25) is 11.8 Å². The van der Waals surface area contributed by atoms with Crippen LogP contribution in [-0.2, 0) is 11.2 Å². The highest BCUT2D eigenvalue weighted by Crippen LogP contribution is 2.32. The molecule has 0 radical (unpaired) electrons. The monoisotopic (exact) mass is 497 g/mol. The summed E-state index contributed by atoms with van der Waals surface area (Å²) in [4.78, 5) is 22.4. The van der Waals surface area contributed by atoms with Gasteiger partial charge in [-0.1, -0.05) is 30.3 Å². The van der Waals surface area contributed by atoms with E-state index >= 15 is 0 Å². The fourth-order valence-corrected chi connectivity index (χ4v) is 5.39. The van der Waals surface area contributed by atoms with Crippen molar-refractivity contribution in [1.29, 1.82) is 0 Å². The normalized spacial score (nSPS) is 13.9. The van der Waals surface area contributed by atoms with E-state index in [2.05, 4.69) is 43.9 Å². The number of ether oxygens (including phenoxy) is 1. The van der Waals surface area contributed by atoms with Gasteiger partial charge in [-0.3, -0.25) is 4.79 Å². The number of methoxy groups -OCH3 is 1. The first-order chi connectivity index (χ1) is 17.9. The van der Waals surface area contributed by atoms with Gasteiger partial charge in [-0.05, 0) is 69.0 Å². The van der Waals surface area contributed by atoms with Crippen LogP contribution in [0.1, 0.15) is 34.4 Å². The molecule has 1 aliphatic heterocycles. The van der Waals surface area contributed by atoms with E-state index in [9.17, 15) is 4.79 Å². The Kier molecular flexibility index (Phi) is 6.87. The van der Waals surface area contributed by atoms with Crippen molar-refractivity contribution in [2.24, 2.45) is 0 Å². The van der Waals surface area contributed by atoms with Crippen LogP contribution < -0.4 is 9.64 Å². The third-order valence-corrected chi connectivity index (χ3v) is 7.45. The average Bonchev–Trinajstić information content (AvgIpc) is 3.26.